The number of ether oxygens (including phenoxy) is 1. The molecule has 1 heterocycles. The Morgan fingerprint density at radius 1 is 1.48 bits per heavy atom. The number of carboxylic acid groups (broad SMARTS) is 1. The lowest BCUT2D eigenvalue weighted by Gasteiger charge is -2.20. The van der Waals surface area contributed by atoms with Gasteiger partial charge in [-0.3, -0.25) is 9.59 Å². The number of methoxy groups -OCH3 is 1. The van der Waals surface area contributed by atoms with Crippen LogP contribution in [0.15, 0.2) is 18.2 Å². The third kappa shape index (κ3) is 3.05. The molecule has 0 spiro atoms. The monoisotopic (exact) mass is 295 g/mol. The molecule has 2 rings (SSSR count). The average Bonchev–Trinajstić information content (AvgIpc) is 2.85. The molecule has 1 aliphatic heterocycles. The molecule has 0 bridgehead atoms. The minimum absolute atomic E-state index is 0.0831. The highest BCUT2D eigenvalue weighted by molar-refractivity contribution is 5.95. The van der Waals surface area contributed by atoms with Crippen molar-refractivity contribution in [2.45, 2.75) is 20.0 Å². The number of carbonyl (C=O) groups is 2. The maximum atomic E-state index is 13.5. The van der Waals surface area contributed by atoms with Crippen LogP contribution >= 0.6 is 0 Å². The number of carbonyl (C=O) groups excluding carboxylic acids is 1. The van der Waals surface area contributed by atoms with Crippen molar-refractivity contribution in [3.63, 3.8) is 0 Å². The molecule has 1 aliphatic rings. The van der Waals surface area contributed by atoms with Gasteiger partial charge >= 0.3 is 5.97 Å². The van der Waals surface area contributed by atoms with E-state index in [1.807, 2.05) is 0 Å². The highest BCUT2D eigenvalue weighted by Crippen LogP contribution is 2.31. The Bertz CT molecular complexity index is 575. The minimum atomic E-state index is -0.912. The van der Waals surface area contributed by atoms with Gasteiger partial charge < -0.3 is 14.7 Å². The molecule has 1 aromatic carbocycles. The molecular weight excluding hydrogens is 277 g/mol. The minimum Gasteiger partial charge on any atom is -0.481 e. The van der Waals surface area contributed by atoms with Crippen molar-refractivity contribution in [2.24, 2.45) is 5.41 Å². The van der Waals surface area contributed by atoms with Crippen LogP contribution in [0.4, 0.5) is 4.39 Å². The molecule has 1 aromatic rings. The number of carboxylic acids is 1. The lowest BCUT2D eigenvalue weighted by atomic mass is 9.90. The Hall–Kier alpha value is -1.95. The number of amides is 1. The van der Waals surface area contributed by atoms with Gasteiger partial charge in [0, 0.05) is 31.3 Å². The van der Waals surface area contributed by atoms with Crippen molar-refractivity contribution >= 4 is 11.9 Å². The summed E-state index contributed by atoms with van der Waals surface area (Å²) in [6, 6.07) is 4.10. The summed E-state index contributed by atoms with van der Waals surface area (Å²) in [5, 5.41) is 9.19. The van der Waals surface area contributed by atoms with Crippen molar-refractivity contribution < 1.29 is 23.8 Å². The topological polar surface area (TPSA) is 66.8 Å². The van der Waals surface area contributed by atoms with Crippen molar-refractivity contribution in [3.8, 4) is 0 Å². The van der Waals surface area contributed by atoms with E-state index in [0.29, 0.717) is 24.1 Å². The Kier molecular flexibility index (Phi) is 4.27. The lowest BCUT2D eigenvalue weighted by Crippen LogP contribution is -2.34. The van der Waals surface area contributed by atoms with E-state index in [4.69, 9.17) is 4.74 Å². The van der Waals surface area contributed by atoms with Gasteiger partial charge in [-0.15, -0.1) is 0 Å². The predicted molar refractivity (Wildman–Crippen MR) is 73.4 cm³/mol. The summed E-state index contributed by atoms with van der Waals surface area (Å²) in [5.41, 5.74) is -0.257. The molecule has 0 radical (unpaired) electrons. The molecular formula is C15H18FNO4. The van der Waals surface area contributed by atoms with Crippen LogP contribution in [0.1, 0.15) is 29.3 Å². The SMILES string of the molecule is COCc1cc(C(=O)N2CC[C@](C)(C(=O)O)C2)ccc1F. The highest BCUT2D eigenvalue weighted by Gasteiger charge is 2.42. The first kappa shape index (κ1) is 15.4. The number of rotatable bonds is 4. The molecule has 21 heavy (non-hydrogen) atoms. The Morgan fingerprint density at radius 3 is 2.76 bits per heavy atom. The van der Waals surface area contributed by atoms with Gasteiger partial charge in [-0.05, 0) is 31.5 Å². The fourth-order valence-electron chi connectivity index (χ4n) is 2.47. The first-order valence-electron chi connectivity index (χ1n) is 6.67. The van der Waals surface area contributed by atoms with Crippen LogP contribution in [-0.2, 0) is 16.1 Å². The molecule has 1 saturated heterocycles. The van der Waals surface area contributed by atoms with E-state index in [2.05, 4.69) is 0 Å². The molecule has 0 unspecified atom stereocenters. The Balaban J connectivity index is 2.18. The smallest absolute Gasteiger partial charge is 0.311 e. The molecule has 0 aliphatic carbocycles. The second-order valence-electron chi connectivity index (χ2n) is 5.58. The van der Waals surface area contributed by atoms with Crippen LogP contribution < -0.4 is 0 Å². The summed E-state index contributed by atoms with van der Waals surface area (Å²) >= 11 is 0. The number of halogens is 1. The summed E-state index contributed by atoms with van der Waals surface area (Å²) < 4.78 is 18.4. The number of hydrogen-bond donors (Lipinski definition) is 1. The maximum absolute atomic E-state index is 13.5. The fraction of sp³-hybridized carbons (Fsp3) is 0.467. The number of likely N-dealkylation sites (tertiary alicyclic amines) is 1. The first-order valence-corrected chi connectivity index (χ1v) is 6.67. The van der Waals surface area contributed by atoms with Crippen LogP contribution in [0.25, 0.3) is 0 Å². The predicted octanol–water partition coefficient (Wildman–Crippen LogP) is 1.91. The quantitative estimate of drug-likeness (QED) is 0.921. The number of hydrogen-bond acceptors (Lipinski definition) is 3. The zero-order chi connectivity index (χ0) is 15.6. The van der Waals surface area contributed by atoms with Crippen LogP contribution in [0.2, 0.25) is 0 Å². The third-order valence-corrected chi connectivity index (χ3v) is 3.87. The summed E-state index contributed by atoms with van der Waals surface area (Å²) in [6.07, 6.45) is 0.417. The van der Waals surface area contributed by atoms with E-state index >= 15 is 0 Å². The molecule has 0 saturated carbocycles. The van der Waals surface area contributed by atoms with Crippen LogP contribution in [-0.4, -0.2) is 42.1 Å². The standard InChI is InChI=1S/C15H18FNO4/c1-15(14(19)20)5-6-17(9-15)13(18)10-3-4-12(16)11(7-10)8-21-2/h3-4,7H,5-6,8-9H2,1-2H3,(H,19,20)/t15-/m0/s1. The molecule has 1 fully saturated rings. The number of aliphatic carboxylic acids is 1. The van der Waals surface area contributed by atoms with E-state index < -0.39 is 17.2 Å². The van der Waals surface area contributed by atoms with E-state index in [-0.39, 0.29) is 19.1 Å². The molecule has 114 valence electrons. The van der Waals surface area contributed by atoms with Gasteiger partial charge in [0.25, 0.3) is 5.91 Å². The van der Waals surface area contributed by atoms with Crippen molar-refractivity contribution in [1.82, 2.24) is 4.90 Å². The zero-order valence-electron chi connectivity index (χ0n) is 12.1. The van der Waals surface area contributed by atoms with Crippen LogP contribution in [0.3, 0.4) is 0 Å². The van der Waals surface area contributed by atoms with Gasteiger partial charge in [-0.25, -0.2) is 4.39 Å². The molecule has 1 N–H and O–H groups in total. The summed E-state index contributed by atoms with van der Waals surface area (Å²) in [7, 11) is 1.45. The average molecular weight is 295 g/mol. The van der Waals surface area contributed by atoms with Gasteiger partial charge in [0.15, 0.2) is 0 Å². The van der Waals surface area contributed by atoms with Crippen molar-refractivity contribution in [3.05, 3.63) is 35.1 Å². The van der Waals surface area contributed by atoms with E-state index in [1.165, 1.54) is 30.2 Å². The molecule has 6 heteroatoms. The molecule has 0 aromatic heterocycles. The van der Waals surface area contributed by atoms with Gasteiger partial charge in [-0.1, -0.05) is 0 Å². The van der Waals surface area contributed by atoms with Crippen LogP contribution in [0.5, 0.6) is 0 Å². The Morgan fingerprint density at radius 2 is 2.19 bits per heavy atom. The summed E-state index contributed by atoms with van der Waals surface area (Å²) in [4.78, 5) is 25.1. The molecule has 1 atom stereocenters. The van der Waals surface area contributed by atoms with Gasteiger partial charge in [0.05, 0.1) is 12.0 Å². The number of benzene rings is 1. The molecule has 5 nitrogen and oxygen atoms in total. The second-order valence-corrected chi connectivity index (χ2v) is 5.58. The van der Waals surface area contributed by atoms with Gasteiger partial charge in [-0.2, -0.15) is 0 Å². The largest absolute Gasteiger partial charge is 0.481 e. The Labute approximate surface area is 122 Å². The summed E-state index contributed by atoms with van der Waals surface area (Å²) in [6.45, 7) is 2.26. The van der Waals surface area contributed by atoms with Crippen molar-refractivity contribution in [2.75, 3.05) is 20.2 Å². The van der Waals surface area contributed by atoms with Gasteiger partial charge in [0.2, 0.25) is 0 Å². The molecule has 1 amide bonds. The zero-order valence-corrected chi connectivity index (χ0v) is 12.1. The van der Waals surface area contributed by atoms with E-state index in [0.717, 1.165) is 0 Å². The maximum Gasteiger partial charge on any atom is 0.311 e. The van der Waals surface area contributed by atoms with Crippen molar-refractivity contribution in [1.29, 1.82) is 0 Å². The van der Waals surface area contributed by atoms with Gasteiger partial charge in [0.1, 0.15) is 5.82 Å². The van der Waals surface area contributed by atoms with E-state index in [9.17, 15) is 19.1 Å². The normalized spacial score (nSPS) is 21.6. The first-order chi connectivity index (χ1) is 9.87. The second kappa shape index (κ2) is 5.81. The van der Waals surface area contributed by atoms with E-state index in [1.54, 1.807) is 6.92 Å². The highest BCUT2D eigenvalue weighted by atomic mass is 19.1. The fourth-order valence-corrected chi connectivity index (χ4v) is 2.47. The lowest BCUT2D eigenvalue weighted by molar-refractivity contribution is -0.147. The summed E-state index contributed by atoms with van der Waals surface area (Å²) in [5.74, 6) is -1.61. The van der Waals surface area contributed by atoms with Crippen LogP contribution in [0, 0.1) is 11.2 Å². The number of nitrogens with zero attached hydrogens (tertiary/aromatic N) is 1. The third-order valence-electron chi connectivity index (χ3n) is 3.87.